The van der Waals surface area contributed by atoms with E-state index in [2.05, 4.69) is 9.26 Å². The summed E-state index contributed by atoms with van der Waals surface area (Å²) in [6.45, 7) is -0.855. The molecule has 2 unspecified atom stereocenters. The zero-order valence-corrected chi connectivity index (χ0v) is 8.77. The Kier molecular flexibility index (Phi) is 4.38. The number of ether oxygens (including phenoxy) is 1. The van der Waals surface area contributed by atoms with Crippen LogP contribution in [0.3, 0.4) is 0 Å². The Morgan fingerprint density at radius 3 is 2.25 bits per heavy atom. The van der Waals surface area contributed by atoms with Crippen molar-refractivity contribution in [3.05, 3.63) is 0 Å². The summed E-state index contributed by atoms with van der Waals surface area (Å²) < 4.78 is 30.6. The zero-order valence-electron chi connectivity index (χ0n) is 7.88. The molecule has 1 aliphatic heterocycles. The molecule has 8 nitrogen and oxygen atoms in total. The minimum Gasteiger partial charge on any atom is -0.387 e. The highest BCUT2D eigenvalue weighted by atomic mass is 31.2. The van der Waals surface area contributed by atoms with E-state index in [1.54, 1.807) is 0 Å². The van der Waals surface area contributed by atoms with Gasteiger partial charge < -0.3 is 25.2 Å². The van der Waals surface area contributed by atoms with Crippen LogP contribution in [0.4, 0.5) is 4.20 Å². The highest BCUT2D eigenvalue weighted by molar-refractivity contribution is 7.46. The Balaban J connectivity index is 2.57. The first kappa shape index (κ1) is 13.9. The number of aliphatic hydroxyl groups is 4. The summed E-state index contributed by atoms with van der Waals surface area (Å²) in [5.41, 5.74) is 0. The Bertz CT molecular complexity index is 282. The van der Waals surface area contributed by atoms with E-state index in [1.165, 1.54) is 0 Å². The third kappa shape index (κ3) is 3.44. The summed E-state index contributed by atoms with van der Waals surface area (Å²) in [5.74, 6) is 0. The first-order valence-electron chi connectivity index (χ1n) is 4.27. The molecule has 1 heterocycles. The molecule has 96 valence electrons. The van der Waals surface area contributed by atoms with E-state index in [0.29, 0.717) is 0 Å². The van der Waals surface area contributed by atoms with Crippen LogP contribution in [-0.2, 0) is 13.8 Å². The van der Waals surface area contributed by atoms with Gasteiger partial charge in [0.15, 0.2) is 6.29 Å². The van der Waals surface area contributed by atoms with Crippen LogP contribution < -0.4 is 0 Å². The van der Waals surface area contributed by atoms with Gasteiger partial charge in [-0.3, -0.25) is 9.42 Å². The van der Waals surface area contributed by atoms with E-state index in [4.69, 9.17) is 15.1 Å². The van der Waals surface area contributed by atoms with Crippen LogP contribution in [0.25, 0.3) is 0 Å². The van der Waals surface area contributed by atoms with Crippen LogP contribution in [-0.4, -0.2) is 62.6 Å². The molecule has 1 aliphatic rings. The molecule has 0 aromatic carbocycles. The Morgan fingerprint density at radius 2 is 1.75 bits per heavy atom. The van der Waals surface area contributed by atoms with Crippen LogP contribution in [0.2, 0.25) is 0 Å². The molecule has 0 aliphatic carbocycles. The molecule has 0 aromatic rings. The number of hydrogen-bond acceptors (Lipinski definition) is 7. The van der Waals surface area contributed by atoms with Crippen molar-refractivity contribution in [2.24, 2.45) is 0 Å². The number of aliphatic hydroxyl groups excluding tert-OH is 4. The molecule has 0 aromatic heterocycles. The van der Waals surface area contributed by atoms with E-state index in [9.17, 15) is 19.0 Å². The van der Waals surface area contributed by atoms with Crippen molar-refractivity contribution in [2.75, 3.05) is 6.61 Å². The Hall–Kier alpha value is -0.120. The SMILES string of the molecule is O=P(O)(F)OC[C@H]1OC(O)[C@H](O)[C@@H](O)[C@@H]1O. The lowest BCUT2D eigenvalue weighted by molar-refractivity contribution is -0.285. The van der Waals surface area contributed by atoms with Gasteiger partial charge in [-0.15, -0.1) is 4.20 Å². The fraction of sp³-hybridized carbons (Fsp3) is 1.00. The van der Waals surface area contributed by atoms with Gasteiger partial charge in [0.05, 0.1) is 6.61 Å². The Morgan fingerprint density at radius 1 is 1.19 bits per heavy atom. The third-order valence-electron chi connectivity index (χ3n) is 2.09. The number of hydrogen-bond donors (Lipinski definition) is 5. The lowest BCUT2D eigenvalue weighted by Gasteiger charge is -2.37. The van der Waals surface area contributed by atoms with Gasteiger partial charge in [0.1, 0.15) is 24.4 Å². The topological polar surface area (TPSA) is 137 Å². The molecule has 0 radical (unpaired) electrons. The van der Waals surface area contributed by atoms with Crippen molar-refractivity contribution in [1.82, 2.24) is 0 Å². The normalized spacial score (nSPS) is 44.0. The van der Waals surface area contributed by atoms with E-state index >= 15 is 0 Å². The van der Waals surface area contributed by atoms with Gasteiger partial charge in [-0.05, 0) is 0 Å². The lowest BCUT2D eigenvalue weighted by atomic mass is 10.00. The predicted molar refractivity (Wildman–Crippen MR) is 45.8 cm³/mol. The first-order valence-corrected chi connectivity index (χ1v) is 5.74. The second-order valence-corrected chi connectivity index (χ2v) is 4.45. The molecular weight excluding hydrogens is 250 g/mol. The highest BCUT2D eigenvalue weighted by Gasteiger charge is 2.43. The average Bonchev–Trinajstić information content (AvgIpc) is 2.17. The fourth-order valence-corrected chi connectivity index (χ4v) is 1.56. The maximum absolute atomic E-state index is 12.1. The van der Waals surface area contributed by atoms with E-state index in [-0.39, 0.29) is 0 Å². The van der Waals surface area contributed by atoms with Gasteiger partial charge in [-0.2, -0.15) is 0 Å². The quantitative estimate of drug-likeness (QED) is 0.364. The predicted octanol–water partition coefficient (Wildman–Crippen LogP) is -2.13. The summed E-state index contributed by atoms with van der Waals surface area (Å²) in [6.07, 6.45) is -8.35. The van der Waals surface area contributed by atoms with Crippen molar-refractivity contribution in [3.63, 3.8) is 0 Å². The number of rotatable bonds is 3. The van der Waals surface area contributed by atoms with Crippen molar-refractivity contribution in [3.8, 4) is 0 Å². The largest absolute Gasteiger partial charge is 0.510 e. The zero-order chi connectivity index (χ0) is 12.5. The van der Waals surface area contributed by atoms with E-state index < -0.39 is 45.2 Å². The molecule has 5 N–H and O–H groups in total. The summed E-state index contributed by atoms with van der Waals surface area (Å²) in [6, 6.07) is 0. The van der Waals surface area contributed by atoms with Crippen molar-refractivity contribution in [2.45, 2.75) is 30.7 Å². The fourth-order valence-electron chi connectivity index (χ4n) is 1.23. The second-order valence-electron chi connectivity index (χ2n) is 3.28. The van der Waals surface area contributed by atoms with E-state index in [0.717, 1.165) is 0 Å². The first-order chi connectivity index (χ1) is 7.22. The maximum atomic E-state index is 12.1. The third-order valence-corrected chi connectivity index (χ3v) is 2.55. The molecule has 0 saturated carbocycles. The highest BCUT2D eigenvalue weighted by Crippen LogP contribution is 2.43. The van der Waals surface area contributed by atoms with Crippen molar-refractivity contribution < 1.29 is 43.3 Å². The van der Waals surface area contributed by atoms with Crippen LogP contribution in [0.15, 0.2) is 0 Å². The minimum absolute atomic E-state index is 0.855. The maximum Gasteiger partial charge on any atom is 0.510 e. The summed E-state index contributed by atoms with van der Waals surface area (Å²) in [5, 5.41) is 36.6. The standard InChI is InChI=1S/C6H12FO8P/c7-16(12,13)14-1-2-3(8)4(9)5(10)6(11)15-2/h2-6,8-11H,1H2,(H,12,13)/t2-,3-,4+,5-,6?/m1/s1. The van der Waals surface area contributed by atoms with Crippen LogP contribution in [0, 0.1) is 0 Å². The molecule has 1 saturated heterocycles. The van der Waals surface area contributed by atoms with Crippen molar-refractivity contribution in [1.29, 1.82) is 0 Å². The lowest BCUT2D eigenvalue weighted by Crippen LogP contribution is -2.58. The molecule has 0 bridgehead atoms. The van der Waals surface area contributed by atoms with Crippen LogP contribution in [0.1, 0.15) is 0 Å². The Labute approximate surface area is 89.5 Å². The van der Waals surface area contributed by atoms with E-state index in [1.807, 2.05) is 0 Å². The van der Waals surface area contributed by atoms with Gasteiger partial charge in [0, 0.05) is 0 Å². The molecular formula is C6H12FO8P. The smallest absolute Gasteiger partial charge is 0.387 e. The summed E-state index contributed by atoms with van der Waals surface area (Å²) >= 11 is 0. The average molecular weight is 262 g/mol. The van der Waals surface area contributed by atoms with Gasteiger partial charge in [0.25, 0.3) is 0 Å². The molecule has 0 amide bonds. The van der Waals surface area contributed by atoms with Gasteiger partial charge >= 0.3 is 7.91 Å². The van der Waals surface area contributed by atoms with Gasteiger partial charge in [-0.1, -0.05) is 0 Å². The van der Waals surface area contributed by atoms with Crippen molar-refractivity contribution >= 4 is 7.91 Å². The molecule has 1 fully saturated rings. The van der Waals surface area contributed by atoms with Crippen LogP contribution in [0.5, 0.6) is 0 Å². The molecule has 6 atom stereocenters. The molecule has 10 heteroatoms. The minimum atomic E-state index is -5.23. The molecule has 0 spiro atoms. The monoisotopic (exact) mass is 262 g/mol. The summed E-state index contributed by atoms with van der Waals surface area (Å²) in [7, 11) is -5.23. The van der Waals surface area contributed by atoms with Gasteiger partial charge in [-0.25, -0.2) is 4.57 Å². The van der Waals surface area contributed by atoms with Crippen LogP contribution >= 0.6 is 7.91 Å². The van der Waals surface area contributed by atoms with Gasteiger partial charge in [0.2, 0.25) is 0 Å². The molecule has 16 heavy (non-hydrogen) atoms. The summed E-state index contributed by atoms with van der Waals surface area (Å²) in [4.78, 5) is 8.17. The molecule has 1 rings (SSSR count). The number of halogens is 1. The second kappa shape index (κ2) is 5.03.